The Morgan fingerprint density at radius 3 is 2.54 bits per heavy atom. The minimum Gasteiger partial charge on any atom is -0.396 e. The molecule has 10 nitrogen and oxygen atoms in total. The number of amides is 2. The molecule has 1 aromatic heterocycles. The Labute approximate surface area is 220 Å². The maximum atomic E-state index is 13.6. The van der Waals surface area contributed by atoms with Crippen LogP contribution in [0.15, 0.2) is 24.3 Å². The third-order valence-electron chi connectivity index (χ3n) is 8.03. The molecule has 0 bridgehead atoms. The molecule has 1 aromatic carbocycles. The van der Waals surface area contributed by atoms with Crippen molar-refractivity contribution in [2.75, 3.05) is 19.7 Å². The Morgan fingerprint density at radius 1 is 1.32 bits per heavy atom. The number of rotatable bonds is 9. The molecule has 0 radical (unpaired) electrons. The number of aliphatic hydroxyl groups is 1. The van der Waals surface area contributed by atoms with Gasteiger partial charge in [-0.2, -0.15) is 10.4 Å². The zero-order valence-corrected chi connectivity index (χ0v) is 24.4. The second-order valence-electron chi connectivity index (χ2n) is 10.6. The van der Waals surface area contributed by atoms with Gasteiger partial charge in [0.15, 0.2) is 15.5 Å². The lowest BCUT2D eigenvalue weighted by Gasteiger charge is -2.37. The number of benzene rings is 1. The lowest BCUT2D eigenvalue weighted by atomic mass is 10.0. The number of carbonyl (C=O) groups excluding carboxylic acids is 2. The molecule has 1 unspecified atom stereocenters. The molecule has 1 fully saturated rings. The zero-order chi connectivity index (χ0) is 27.2. The number of fused-ring (bicyclic) bond motifs is 1. The van der Waals surface area contributed by atoms with Crippen LogP contribution >= 0.6 is 0 Å². The SMILES string of the molecule is Cn1nc(C(=O)NCc2ccc(C#N)cc2)c2c1C(=O)N(CC1(S(=O)(=O)C(C)(C)C([SiH3])CO)CC1)CC2. The molecule has 2 amide bonds. The van der Waals surface area contributed by atoms with Crippen LogP contribution in [0.4, 0.5) is 0 Å². The molecule has 0 spiro atoms. The highest BCUT2D eigenvalue weighted by Gasteiger charge is 2.61. The molecule has 2 aromatic rings. The highest BCUT2D eigenvalue weighted by Crippen LogP contribution is 2.51. The minimum absolute atomic E-state index is 0.0993. The summed E-state index contributed by atoms with van der Waals surface area (Å²) in [5.41, 5.74) is 2.12. The van der Waals surface area contributed by atoms with Gasteiger partial charge in [0, 0.05) is 49.1 Å². The molecule has 1 atom stereocenters. The summed E-state index contributed by atoms with van der Waals surface area (Å²) < 4.78 is 26.6. The number of carbonyl (C=O) groups is 2. The smallest absolute Gasteiger partial charge is 0.272 e. The minimum atomic E-state index is -3.62. The quantitative estimate of drug-likeness (QED) is 0.427. The first-order chi connectivity index (χ1) is 17.4. The van der Waals surface area contributed by atoms with Crippen molar-refractivity contribution in [1.82, 2.24) is 20.0 Å². The first kappa shape index (κ1) is 27.0. The van der Waals surface area contributed by atoms with E-state index in [0.29, 0.717) is 52.9 Å². The molecule has 2 heterocycles. The normalized spacial score (nSPS) is 17.7. The van der Waals surface area contributed by atoms with Crippen molar-refractivity contribution in [3.8, 4) is 6.07 Å². The van der Waals surface area contributed by atoms with E-state index >= 15 is 0 Å². The van der Waals surface area contributed by atoms with Crippen LogP contribution in [-0.4, -0.2) is 79.5 Å². The molecule has 1 aliphatic heterocycles. The first-order valence-electron chi connectivity index (χ1n) is 12.4. The van der Waals surface area contributed by atoms with Gasteiger partial charge >= 0.3 is 0 Å². The number of hydrogen-bond acceptors (Lipinski definition) is 7. The van der Waals surface area contributed by atoms with E-state index in [4.69, 9.17) is 5.26 Å². The van der Waals surface area contributed by atoms with Crippen LogP contribution < -0.4 is 5.32 Å². The molecule has 2 aliphatic rings. The number of hydrogen-bond donors (Lipinski definition) is 2. The number of aliphatic hydroxyl groups excluding tert-OH is 1. The van der Waals surface area contributed by atoms with E-state index in [1.54, 1.807) is 50.1 Å². The fraction of sp³-hybridized carbons (Fsp3) is 0.520. The standard InChI is InChI=1S/C25H33N5O5SSi/c1-24(2,19(37)14-31)36(34,35)25(9-10-25)15-30-11-8-18-20(28-29(3)21(18)23(30)33)22(32)27-13-17-6-4-16(12-26)5-7-17/h4-7,19,31H,8-11,13-15H2,1-3,37H3,(H,27,32). The van der Waals surface area contributed by atoms with Gasteiger partial charge in [0.2, 0.25) is 0 Å². The number of aryl methyl sites for hydroxylation is 1. The topological polar surface area (TPSA) is 145 Å². The van der Waals surface area contributed by atoms with Crippen molar-refractivity contribution in [2.24, 2.45) is 7.05 Å². The fourth-order valence-corrected chi connectivity index (χ4v) is 8.52. The maximum absolute atomic E-state index is 13.6. The number of nitriles is 1. The van der Waals surface area contributed by atoms with E-state index in [9.17, 15) is 23.1 Å². The maximum Gasteiger partial charge on any atom is 0.272 e. The molecular formula is C25H33N5O5SSi. The highest BCUT2D eigenvalue weighted by atomic mass is 32.2. The van der Waals surface area contributed by atoms with Gasteiger partial charge < -0.3 is 15.3 Å². The average Bonchev–Trinajstić information content (AvgIpc) is 3.60. The van der Waals surface area contributed by atoms with Gasteiger partial charge in [0.1, 0.15) is 5.69 Å². The first-order valence-corrected chi connectivity index (χ1v) is 15.0. The van der Waals surface area contributed by atoms with Crippen LogP contribution in [0.3, 0.4) is 0 Å². The second kappa shape index (κ2) is 9.70. The molecule has 37 heavy (non-hydrogen) atoms. The van der Waals surface area contributed by atoms with E-state index in [2.05, 4.69) is 16.5 Å². The van der Waals surface area contributed by atoms with Crippen molar-refractivity contribution in [2.45, 2.75) is 54.7 Å². The Bertz CT molecular complexity index is 1370. The monoisotopic (exact) mass is 543 g/mol. The van der Waals surface area contributed by atoms with Gasteiger partial charge in [-0.15, -0.1) is 0 Å². The van der Waals surface area contributed by atoms with Crippen molar-refractivity contribution in [3.05, 3.63) is 52.3 Å². The van der Waals surface area contributed by atoms with Gasteiger partial charge in [-0.3, -0.25) is 14.3 Å². The summed E-state index contributed by atoms with van der Waals surface area (Å²) in [4.78, 5) is 28.0. The number of sulfone groups is 1. The third-order valence-corrected chi connectivity index (χ3v) is 13.7. The van der Waals surface area contributed by atoms with Crippen LogP contribution in [0.1, 0.15) is 64.4 Å². The van der Waals surface area contributed by atoms with Crippen molar-refractivity contribution >= 4 is 31.9 Å². The van der Waals surface area contributed by atoms with Crippen LogP contribution in [0.25, 0.3) is 0 Å². The van der Waals surface area contributed by atoms with E-state index in [1.165, 1.54) is 4.68 Å². The van der Waals surface area contributed by atoms with Gasteiger partial charge in [-0.25, -0.2) is 8.42 Å². The number of nitrogens with one attached hydrogen (secondary N) is 1. The predicted molar refractivity (Wildman–Crippen MR) is 141 cm³/mol. The summed E-state index contributed by atoms with van der Waals surface area (Å²) in [5.74, 6) is -0.723. The Morgan fingerprint density at radius 2 is 1.97 bits per heavy atom. The van der Waals surface area contributed by atoms with Crippen molar-refractivity contribution in [1.29, 1.82) is 5.26 Å². The third kappa shape index (κ3) is 4.60. The lowest BCUT2D eigenvalue weighted by Crippen LogP contribution is -2.52. The summed E-state index contributed by atoms with van der Waals surface area (Å²) in [7, 11) is -1.46. The summed E-state index contributed by atoms with van der Waals surface area (Å²) >= 11 is 0. The van der Waals surface area contributed by atoms with E-state index in [0.717, 1.165) is 5.56 Å². The summed E-state index contributed by atoms with van der Waals surface area (Å²) in [6.07, 6.45) is 1.38. The molecule has 0 saturated heterocycles. The Balaban J connectivity index is 1.50. The van der Waals surface area contributed by atoms with Gasteiger partial charge in [0.05, 0.1) is 21.1 Å². The largest absolute Gasteiger partial charge is 0.396 e. The van der Waals surface area contributed by atoms with Crippen LogP contribution in [-0.2, 0) is 29.9 Å². The molecule has 1 saturated carbocycles. The molecule has 4 rings (SSSR count). The van der Waals surface area contributed by atoms with Gasteiger partial charge in [-0.05, 0) is 56.3 Å². The number of aromatic nitrogens is 2. The summed E-state index contributed by atoms with van der Waals surface area (Å²) in [6, 6.07) is 8.94. The van der Waals surface area contributed by atoms with Crippen LogP contribution in [0.2, 0.25) is 5.54 Å². The summed E-state index contributed by atoms with van der Waals surface area (Å²) in [6.45, 7) is 3.83. The molecule has 1 aliphatic carbocycles. The second-order valence-corrected chi connectivity index (χ2v) is 15.0. The molecule has 12 heteroatoms. The van der Waals surface area contributed by atoms with E-state index < -0.39 is 25.2 Å². The van der Waals surface area contributed by atoms with Crippen LogP contribution in [0.5, 0.6) is 0 Å². The Kier molecular flexibility index (Phi) is 7.09. The predicted octanol–water partition coefficient (Wildman–Crippen LogP) is 0.0923. The van der Waals surface area contributed by atoms with Crippen LogP contribution in [0, 0.1) is 11.3 Å². The summed E-state index contributed by atoms with van der Waals surface area (Å²) in [5, 5.41) is 25.7. The van der Waals surface area contributed by atoms with Gasteiger partial charge in [0.25, 0.3) is 11.8 Å². The van der Waals surface area contributed by atoms with E-state index in [-0.39, 0.29) is 36.8 Å². The fourth-order valence-electron chi connectivity index (χ4n) is 4.91. The zero-order valence-electron chi connectivity index (χ0n) is 21.6. The highest BCUT2D eigenvalue weighted by molar-refractivity contribution is 7.94. The number of nitrogens with zero attached hydrogens (tertiary/aromatic N) is 4. The average molecular weight is 544 g/mol. The van der Waals surface area contributed by atoms with E-state index in [1.807, 2.05) is 0 Å². The van der Waals surface area contributed by atoms with Crippen molar-refractivity contribution < 1.29 is 23.1 Å². The van der Waals surface area contributed by atoms with Gasteiger partial charge in [-0.1, -0.05) is 12.1 Å². The molecule has 2 N–H and O–H groups in total. The lowest BCUT2D eigenvalue weighted by molar-refractivity contribution is 0.0724. The Hall–Kier alpha value is -3.01. The molecule has 198 valence electrons. The molecular weight excluding hydrogens is 510 g/mol. The van der Waals surface area contributed by atoms with Crippen molar-refractivity contribution in [3.63, 3.8) is 0 Å².